The summed E-state index contributed by atoms with van der Waals surface area (Å²) in [6.07, 6.45) is 14.9. The maximum atomic E-state index is 2.52. The highest BCUT2D eigenvalue weighted by Crippen LogP contribution is 2.38. The van der Waals surface area contributed by atoms with Crippen LogP contribution < -0.4 is 10.6 Å². The van der Waals surface area contributed by atoms with Crippen molar-refractivity contribution in [2.75, 3.05) is 0 Å². The van der Waals surface area contributed by atoms with Gasteiger partial charge in [0.15, 0.2) is 0 Å². The Hall–Kier alpha value is -7.10. The zero-order valence-electron chi connectivity index (χ0n) is 31.5. The number of rotatable bonds is 5. The lowest BCUT2D eigenvalue weighted by Gasteiger charge is -2.17. The number of fused-ring (bicyclic) bond motifs is 9. The van der Waals surface area contributed by atoms with Crippen LogP contribution >= 0.6 is 0 Å². The molecule has 3 aromatic heterocycles. The molecule has 10 aromatic rings. The van der Waals surface area contributed by atoms with Crippen molar-refractivity contribution < 1.29 is 0 Å². The normalized spacial score (nSPS) is 15.3. The number of benzene rings is 7. The predicted molar refractivity (Wildman–Crippen MR) is 241 cm³/mol. The highest BCUT2D eigenvalue weighted by atomic mass is 15.0. The largest absolute Gasteiger partial charge is 0.313 e. The van der Waals surface area contributed by atoms with Gasteiger partial charge in [0.05, 0.1) is 32.9 Å². The monoisotopic (exact) mass is 729 g/mol. The fourth-order valence-corrected chi connectivity index (χ4v) is 9.79. The van der Waals surface area contributed by atoms with Gasteiger partial charge >= 0.3 is 0 Å². The molecule has 3 heteroatoms. The summed E-state index contributed by atoms with van der Waals surface area (Å²) in [5.41, 5.74) is 13.8. The molecule has 7 aromatic carbocycles. The molecule has 2 aliphatic carbocycles. The molecule has 3 nitrogen and oxygen atoms in total. The van der Waals surface area contributed by atoms with Gasteiger partial charge in [0, 0.05) is 55.1 Å². The number of allylic oxidation sites excluding steroid dienone is 4. The minimum atomic E-state index is 0.271. The van der Waals surface area contributed by atoms with E-state index in [1.807, 2.05) is 0 Å². The summed E-state index contributed by atoms with van der Waals surface area (Å²) < 4.78 is 7.33. The molecule has 0 aliphatic heterocycles. The summed E-state index contributed by atoms with van der Waals surface area (Å²) >= 11 is 0. The summed E-state index contributed by atoms with van der Waals surface area (Å²) in [6, 6.07) is 60.5. The summed E-state index contributed by atoms with van der Waals surface area (Å²) in [7, 11) is 0. The number of nitrogens with zero attached hydrogens (tertiary/aromatic N) is 3. The van der Waals surface area contributed by atoms with Crippen LogP contribution in [0.5, 0.6) is 0 Å². The van der Waals surface area contributed by atoms with E-state index in [-0.39, 0.29) is 5.92 Å². The van der Waals surface area contributed by atoms with Crippen LogP contribution in [0.15, 0.2) is 182 Å². The second-order valence-corrected chi connectivity index (χ2v) is 15.6. The Kier molecular flexibility index (Phi) is 7.18. The Balaban J connectivity index is 0.958. The summed E-state index contributed by atoms with van der Waals surface area (Å²) in [4.78, 5) is 0. The van der Waals surface area contributed by atoms with Crippen LogP contribution in [0.1, 0.15) is 30.7 Å². The van der Waals surface area contributed by atoms with Crippen LogP contribution in [0.25, 0.3) is 94.9 Å². The predicted octanol–water partition coefficient (Wildman–Crippen LogP) is 12.4. The van der Waals surface area contributed by atoms with Gasteiger partial charge in [-0.15, -0.1) is 0 Å². The standard InChI is InChI=1S/C54H39N3/c1-3-13-40(14-4-1)55-50-21-11-8-18-44(50)47-33-37(26-31-52(47)55)36-23-28-42(29-24-36)57-49-20-10-7-17-43(49)46-30-25-39(35-54(46)57)38-27-32-53-48(34-38)45-19-9-12-22-51(45)56(53)41-15-5-2-6-16-41/h1-5,7-15,17-24,26-35,39H,6,16,25H2. The van der Waals surface area contributed by atoms with Gasteiger partial charge in [-0.25, -0.2) is 0 Å². The van der Waals surface area contributed by atoms with Gasteiger partial charge in [-0.1, -0.05) is 121 Å². The van der Waals surface area contributed by atoms with E-state index >= 15 is 0 Å². The van der Waals surface area contributed by atoms with E-state index < -0.39 is 0 Å². The second-order valence-electron chi connectivity index (χ2n) is 15.6. The summed E-state index contributed by atoms with van der Waals surface area (Å²) in [5.74, 6) is 0.271. The van der Waals surface area contributed by atoms with Crippen LogP contribution in [-0.4, -0.2) is 13.7 Å². The van der Waals surface area contributed by atoms with Crippen molar-refractivity contribution in [1.82, 2.24) is 13.7 Å². The highest BCUT2D eigenvalue weighted by molar-refractivity contribution is 6.11. The molecular weight excluding hydrogens is 691 g/mol. The average molecular weight is 730 g/mol. The SMILES string of the molecule is C1=CCCC(n2c3ccccc3c3cc(C4C=c5c(c6ccccc6n5-c5ccc(-c6ccc7c(c6)c6ccccc6n7-c6ccccc6)cc5)=CC4)ccc32)=C1. The molecule has 0 radical (unpaired) electrons. The molecule has 0 N–H and O–H groups in total. The first kappa shape index (κ1) is 32.2. The van der Waals surface area contributed by atoms with Crippen molar-refractivity contribution in [3.63, 3.8) is 0 Å². The van der Waals surface area contributed by atoms with E-state index in [1.165, 1.54) is 98.8 Å². The van der Waals surface area contributed by atoms with Gasteiger partial charge in [-0.2, -0.15) is 0 Å². The minimum absolute atomic E-state index is 0.271. The summed E-state index contributed by atoms with van der Waals surface area (Å²) in [6.45, 7) is 0. The molecule has 1 atom stereocenters. The van der Waals surface area contributed by atoms with Crippen LogP contribution in [0, 0.1) is 0 Å². The molecule has 2 aliphatic rings. The molecule has 0 saturated carbocycles. The average Bonchev–Trinajstić information content (AvgIpc) is 3.92. The quantitative estimate of drug-likeness (QED) is 0.168. The topological polar surface area (TPSA) is 14.8 Å². The molecule has 57 heavy (non-hydrogen) atoms. The molecule has 1 unspecified atom stereocenters. The first-order valence-electron chi connectivity index (χ1n) is 20.2. The van der Waals surface area contributed by atoms with Gasteiger partial charge in [-0.05, 0) is 109 Å². The third kappa shape index (κ3) is 4.98. The van der Waals surface area contributed by atoms with E-state index in [2.05, 4.69) is 208 Å². The number of hydrogen-bond acceptors (Lipinski definition) is 0. The van der Waals surface area contributed by atoms with Gasteiger partial charge in [0.2, 0.25) is 0 Å². The molecule has 0 bridgehead atoms. The Bertz CT molecular complexity index is 3420. The molecule has 0 amide bonds. The molecule has 0 saturated heterocycles. The Morgan fingerprint density at radius 3 is 1.81 bits per heavy atom. The van der Waals surface area contributed by atoms with Crippen molar-refractivity contribution in [3.8, 4) is 22.5 Å². The molecule has 0 fully saturated rings. The smallest absolute Gasteiger partial charge is 0.0541 e. The number of hydrogen-bond donors (Lipinski definition) is 0. The van der Waals surface area contributed by atoms with Crippen molar-refractivity contribution in [2.24, 2.45) is 0 Å². The van der Waals surface area contributed by atoms with Crippen molar-refractivity contribution in [1.29, 1.82) is 0 Å². The zero-order chi connectivity index (χ0) is 37.5. The van der Waals surface area contributed by atoms with Crippen molar-refractivity contribution in [2.45, 2.75) is 25.2 Å². The first-order chi connectivity index (χ1) is 28.3. The van der Waals surface area contributed by atoms with Crippen LogP contribution in [0.3, 0.4) is 0 Å². The lowest BCUT2D eigenvalue weighted by molar-refractivity contribution is 0.905. The number of para-hydroxylation sites is 4. The number of aromatic nitrogens is 3. The first-order valence-corrected chi connectivity index (χ1v) is 20.2. The van der Waals surface area contributed by atoms with E-state index in [0.717, 1.165) is 19.3 Å². The molecule has 0 spiro atoms. The third-order valence-corrected chi connectivity index (χ3v) is 12.4. The van der Waals surface area contributed by atoms with Gasteiger partial charge in [0.25, 0.3) is 0 Å². The molecule has 3 heterocycles. The molecule has 270 valence electrons. The van der Waals surface area contributed by atoms with Crippen molar-refractivity contribution >= 4 is 72.4 Å². The Morgan fingerprint density at radius 1 is 0.456 bits per heavy atom. The Labute approximate surface area is 330 Å². The molecule has 12 rings (SSSR count). The lowest BCUT2D eigenvalue weighted by Crippen LogP contribution is -2.32. The highest BCUT2D eigenvalue weighted by Gasteiger charge is 2.20. The van der Waals surface area contributed by atoms with Crippen molar-refractivity contribution in [3.05, 3.63) is 198 Å². The van der Waals surface area contributed by atoms with Gasteiger partial charge < -0.3 is 13.7 Å². The van der Waals surface area contributed by atoms with E-state index in [0.29, 0.717) is 0 Å². The summed E-state index contributed by atoms with van der Waals surface area (Å²) in [5, 5.41) is 9.10. The fourth-order valence-electron chi connectivity index (χ4n) is 9.79. The minimum Gasteiger partial charge on any atom is -0.313 e. The second kappa shape index (κ2) is 12.7. The van der Waals surface area contributed by atoms with Crippen LogP contribution in [0.2, 0.25) is 0 Å². The third-order valence-electron chi connectivity index (χ3n) is 12.4. The van der Waals surface area contributed by atoms with Crippen LogP contribution in [-0.2, 0) is 0 Å². The van der Waals surface area contributed by atoms with Crippen LogP contribution in [0.4, 0.5) is 0 Å². The maximum absolute atomic E-state index is 2.52. The molecular formula is C54H39N3. The van der Waals surface area contributed by atoms with E-state index in [9.17, 15) is 0 Å². The van der Waals surface area contributed by atoms with Gasteiger partial charge in [-0.3, -0.25) is 0 Å². The Morgan fingerprint density at radius 2 is 1.05 bits per heavy atom. The fraction of sp³-hybridized carbons (Fsp3) is 0.0741. The lowest BCUT2D eigenvalue weighted by atomic mass is 9.91. The van der Waals surface area contributed by atoms with E-state index in [4.69, 9.17) is 0 Å². The van der Waals surface area contributed by atoms with E-state index in [1.54, 1.807) is 0 Å². The zero-order valence-corrected chi connectivity index (χ0v) is 31.5. The van der Waals surface area contributed by atoms with Gasteiger partial charge in [0.1, 0.15) is 0 Å². The maximum Gasteiger partial charge on any atom is 0.0541 e.